The van der Waals surface area contributed by atoms with Gasteiger partial charge >= 0.3 is 12.0 Å². The number of aliphatic carboxylic acids is 1. The molecule has 1 atom stereocenters. The van der Waals surface area contributed by atoms with Gasteiger partial charge in [-0.15, -0.1) is 0 Å². The third-order valence-electron chi connectivity index (χ3n) is 2.33. The first-order valence-electron chi connectivity index (χ1n) is 5.48. The number of rotatable bonds is 7. The Balaban J connectivity index is 4.30. The van der Waals surface area contributed by atoms with Crippen LogP contribution >= 0.6 is 0 Å². The summed E-state index contributed by atoms with van der Waals surface area (Å²) in [6.07, 6.45) is 1.07. The summed E-state index contributed by atoms with van der Waals surface area (Å²) in [7, 11) is 0. The zero-order valence-corrected chi connectivity index (χ0v) is 10.0. The number of urea groups is 1. The number of nitrogens with two attached hydrogens (primary N) is 1. The van der Waals surface area contributed by atoms with Crippen LogP contribution in [0, 0.1) is 0 Å². The smallest absolute Gasteiger partial charge is 0.326 e. The quantitative estimate of drug-likeness (QED) is 0.496. The van der Waals surface area contributed by atoms with E-state index in [1.54, 1.807) is 0 Å². The molecule has 0 aliphatic heterocycles. The first-order valence-corrected chi connectivity index (χ1v) is 5.48. The normalized spacial score (nSPS) is 11.9. The number of hydrogen-bond acceptors (Lipinski definition) is 3. The van der Waals surface area contributed by atoms with E-state index in [2.05, 4.69) is 10.6 Å². The van der Waals surface area contributed by atoms with E-state index in [1.807, 2.05) is 13.8 Å². The molecule has 17 heavy (non-hydrogen) atoms. The van der Waals surface area contributed by atoms with E-state index in [4.69, 9.17) is 10.8 Å². The molecule has 0 saturated heterocycles. The molecule has 0 aromatic heterocycles. The maximum Gasteiger partial charge on any atom is 0.326 e. The van der Waals surface area contributed by atoms with E-state index in [1.165, 1.54) is 0 Å². The summed E-state index contributed by atoms with van der Waals surface area (Å²) in [5.41, 5.74) is 4.89. The van der Waals surface area contributed by atoms with Gasteiger partial charge < -0.3 is 21.5 Å². The van der Waals surface area contributed by atoms with Gasteiger partial charge in [-0.3, -0.25) is 4.79 Å². The van der Waals surface area contributed by atoms with Gasteiger partial charge in [0.15, 0.2) is 0 Å². The van der Waals surface area contributed by atoms with Gasteiger partial charge in [0, 0.05) is 6.04 Å². The lowest BCUT2D eigenvalue weighted by atomic mass is 10.2. The highest BCUT2D eigenvalue weighted by Gasteiger charge is 2.22. The molecule has 7 heteroatoms. The molecule has 0 saturated carbocycles. The molecule has 0 heterocycles. The van der Waals surface area contributed by atoms with Crippen molar-refractivity contribution in [2.24, 2.45) is 5.73 Å². The van der Waals surface area contributed by atoms with Crippen LogP contribution in [0.4, 0.5) is 4.79 Å². The lowest BCUT2D eigenvalue weighted by Gasteiger charge is -2.18. The molecule has 0 aromatic rings. The average Bonchev–Trinajstić information content (AvgIpc) is 2.24. The van der Waals surface area contributed by atoms with Gasteiger partial charge in [-0.05, 0) is 12.8 Å². The third kappa shape index (κ3) is 6.39. The van der Waals surface area contributed by atoms with E-state index in [-0.39, 0.29) is 6.04 Å². The lowest BCUT2D eigenvalue weighted by molar-refractivity contribution is -0.140. The second kappa shape index (κ2) is 7.48. The van der Waals surface area contributed by atoms with Crippen molar-refractivity contribution in [1.82, 2.24) is 10.6 Å². The highest BCUT2D eigenvalue weighted by molar-refractivity contribution is 5.87. The molecule has 3 amide bonds. The van der Waals surface area contributed by atoms with Gasteiger partial charge in [-0.2, -0.15) is 0 Å². The Labute approximate surface area is 99.7 Å². The van der Waals surface area contributed by atoms with Gasteiger partial charge in [0.1, 0.15) is 6.04 Å². The molecule has 0 spiro atoms. The SMILES string of the molecule is CCC(CC)NC(=O)N[C@H](CC(N)=O)C(=O)O. The molecule has 0 radical (unpaired) electrons. The molecule has 0 rings (SSSR count). The molecule has 0 aromatic carbocycles. The summed E-state index contributed by atoms with van der Waals surface area (Å²) in [4.78, 5) is 32.8. The van der Waals surface area contributed by atoms with Crippen LogP contribution in [0.2, 0.25) is 0 Å². The number of carbonyl (C=O) groups excluding carboxylic acids is 2. The minimum atomic E-state index is -1.29. The summed E-state index contributed by atoms with van der Waals surface area (Å²) in [5.74, 6) is -2.07. The molecule has 98 valence electrons. The number of amides is 3. The summed E-state index contributed by atoms with van der Waals surface area (Å²) >= 11 is 0. The summed E-state index contributed by atoms with van der Waals surface area (Å²) in [6.45, 7) is 3.82. The Morgan fingerprint density at radius 2 is 1.71 bits per heavy atom. The van der Waals surface area contributed by atoms with Crippen LogP contribution in [0.25, 0.3) is 0 Å². The van der Waals surface area contributed by atoms with Crippen LogP contribution in [-0.4, -0.2) is 35.1 Å². The molecule has 0 unspecified atom stereocenters. The van der Waals surface area contributed by atoms with Gasteiger partial charge in [-0.25, -0.2) is 9.59 Å². The van der Waals surface area contributed by atoms with E-state index in [9.17, 15) is 14.4 Å². The molecule has 0 aliphatic rings. The number of hydrogen-bond donors (Lipinski definition) is 4. The van der Waals surface area contributed by atoms with Crippen molar-refractivity contribution in [3.8, 4) is 0 Å². The number of primary amides is 1. The maximum atomic E-state index is 11.4. The van der Waals surface area contributed by atoms with Crippen molar-refractivity contribution >= 4 is 17.9 Å². The predicted octanol–water partition coefficient (Wildman–Crippen LogP) is -0.197. The fourth-order valence-electron chi connectivity index (χ4n) is 1.28. The largest absolute Gasteiger partial charge is 0.480 e. The monoisotopic (exact) mass is 245 g/mol. The summed E-state index contributed by atoms with van der Waals surface area (Å²) in [5, 5.41) is 13.6. The first-order chi connectivity index (χ1) is 7.90. The number of carbonyl (C=O) groups is 3. The first kappa shape index (κ1) is 15.2. The van der Waals surface area contributed by atoms with E-state index < -0.39 is 30.4 Å². The Morgan fingerprint density at radius 1 is 1.18 bits per heavy atom. The van der Waals surface area contributed by atoms with Gasteiger partial charge in [0.25, 0.3) is 0 Å². The lowest BCUT2D eigenvalue weighted by Crippen LogP contribution is -2.50. The molecule has 7 nitrogen and oxygen atoms in total. The molecule has 5 N–H and O–H groups in total. The third-order valence-corrected chi connectivity index (χ3v) is 2.33. The second-order valence-corrected chi connectivity index (χ2v) is 3.69. The van der Waals surface area contributed by atoms with Crippen LogP contribution in [0.15, 0.2) is 0 Å². The van der Waals surface area contributed by atoms with Crippen molar-refractivity contribution in [1.29, 1.82) is 0 Å². The number of carboxylic acid groups (broad SMARTS) is 1. The van der Waals surface area contributed by atoms with Crippen molar-refractivity contribution in [3.05, 3.63) is 0 Å². The standard InChI is InChI=1S/C10H19N3O4/c1-3-6(4-2)12-10(17)13-7(9(15)16)5-8(11)14/h6-7H,3-5H2,1-2H3,(H2,11,14)(H,15,16)(H2,12,13,17)/t7-/m1/s1. The van der Waals surface area contributed by atoms with Crippen LogP contribution in [0.5, 0.6) is 0 Å². The zero-order chi connectivity index (χ0) is 13.4. The second-order valence-electron chi connectivity index (χ2n) is 3.69. The van der Waals surface area contributed by atoms with Crippen LogP contribution in [0.3, 0.4) is 0 Å². The fourth-order valence-corrected chi connectivity index (χ4v) is 1.28. The molecule has 0 aliphatic carbocycles. The van der Waals surface area contributed by atoms with Gasteiger partial charge in [0.05, 0.1) is 6.42 Å². The van der Waals surface area contributed by atoms with Crippen molar-refractivity contribution in [2.75, 3.05) is 0 Å². The van der Waals surface area contributed by atoms with Crippen molar-refractivity contribution in [2.45, 2.75) is 45.2 Å². The molecule has 0 bridgehead atoms. The zero-order valence-electron chi connectivity index (χ0n) is 10.0. The van der Waals surface area contributed by atoms with Crippen LogP contribution in [-0.2, 0) is 9.59 Å². The number of nitrogens with one attached hydrogen (secondary N) is 2. The van der Waals surface area contributed by atoms with Crippen molar-refractivity contribution < 1.29 is 19.5 Å². The number of carboxylic acids is 1. The Morgan fingerprint density at radius 3 is 2.06 bits per heavy atom. The fraction of sp³-hybridized carbons (Fsp3) is 0.700. The Hall–Kier alpha value is -1.79. The average molecular weight is 245 g/mol. The van der Waals surface area contributed by atoms with Crippen LogP contribution < -0.4 is 16.4 Å². The van der Waals surface area contributed by atoms with Crippen molar-refractivity contribution in [3.63, 3.8) is 0 Å². The summed E-state index contributed by atoms with van der Waals surface area (Å²) < 4.78 is 0. The molecular weight excluding hydrogens is 226 g/mol. The molecular formula is C10H19N3O4. The van der Waals surface area contributed by atoms with E-state index in [0.717, 1.165) is 12.8 Å². The minimum absolute atomic E-state index is 0.0157. The van der Waals surface area contributed by atoms with E-state index >= 15 is 0 Å². The minimum Gasteiger partial charge on any atom is -0.480 e. The van der Waals surface area contributed by atoms with Crippen LogP contribution in [0.1, 0.15) is 33.1 Å². The highest BCUT2D eigenvalue weighted by Crippen LogP contribution is 1.97. The molecule has 0 fully saturated rings. The maximum absolute atomic E-state index is 11.4. The van der Waals surface area contributed by atoms with Gasteiger partial charge in [0.2, 0.25) is 5.91 Å². The Kier molecular flexibility index (Phi) is 6.69. The van der Waals surface area contributed by atoms with E-state index in [0.29, 0.717) is 0 Å². The van der Waals surface area contributed by atoms with Gasteiger partial charge in [-0.1, -0.05) is 13.8 Å². The topological polar surface area (TPSA) is 122 Å². The Bertz CT molecular complexity index is 289. The highest BCUT2D eigenvalue weighted by atomic mass is 16.4. The predicted molar refractivity (Wildman–Crippen MR) is 61.3 cm³/mol. The summed E-state index contributed by atoms with van der Waals surface area (Å²) in [6, 6.07) is -1.91.